The first-order chi connectivity index (χ1) is 5.36. The fourth-order valence-electron chi connectivity index (χ4n) is 1.90. The maximum atomic E-state index is 4.55. The lowest BCUT2D eigenvalue weighted by Gasteiger charge is -2.23. The second-order valence-corrected chi connectivity index (χ2v) is 3.71. The number of fused-ring (bicyclic) bond motifs is 1. The van der Waals surface area contributed by atoms with Crippen molar-refractivity contribution in [2.45, 2.75) is 32.6 Å². The first-order valence-electron chi connectivity index (χ1n) is 4.59. The minimum atomic E-state index is 0.829. The minimum absolute atomic E-state index is 0.829. The smallest absolute Gasteiger partial charge is 0.0395 e. The molecule has 0 spiro atoms. The van der Waals surface area contributed by atoms with E-state index >= 15 is 0 Å². The van der Waals surface area contributed by atoms with Crippen molar-refractivity contribution >= 4 is 5.71 Å². The van der Waals surface area contributed by atoms with E-state index in [2.05, 4.69) is 18.0 Å². The van der Waals surface area contributed by atoms with E-state index in [0.717, 1.165) is 12.5 Å². The normalized spacial score (nSPS) is 30.5. The summed E-state index contributed by atoms with van der Waals surface area (Å²) in [7, 11) is 0. The SMILES string of the molecule is CC1CC=C2CCCN=C2C1. The van der Waals surface area contributed by atoms with E-state index in [1.807, 2.05) is 0 Å². The number of nitrogens with zero attached hydrogens (tertiary/aromatic N) is 1. The maximum Gasteiger partial charge on any atom is 0.0395 e. The molecule has 0 aromatic rings. The van der Waals surface area contributed by atoms with Crippen LogP contribution in [0, 0.1) is 5.92 Å². The zero-order valence-corrected chi connectivity index (χ0v) is 7.14. The third-order valence-corrected chi connectivity index (χ3v) is 2.59. The van der Waals surface area contributed by atoms with Crippen molar-refractivity contribution < 1.29 is 0 Å². The number of allylic oxidation sites excluding steroid dienone is 2. The van der Waals surface area contributed by atoms with Gasteiger partial charge in [-0.05, 0) is 37.2 Å². The molecule has 0 fully saturated rings. The molecule has 1 heteroatoms. The van der Waals surface area contributed by atoms with E-state index in [4.69, 9.17) is 0 Å². The van der Waals surface area contributed by atoms with Gasteiger partial charge in [-0.2, -0.15) is 0 Å². The zero-order valence-electron chi connectivity index (χ0n) is 7.14. The van der Waals surface area contributed by atoms with Gasteiger partial charge in [0.05, 0.1) is 0 Å². The molecule has 11 heavy (non-hydrogen) atoms. The van der Waals surface area contributed by atoms with Gasteiger partial charge in [-0.15, -0.1) is 0 Å². The molecule has 0 amide bonds. The van der Waals surface area contributed by atoms with Gasteiger partial charge in [0.25, 0.3) is 0 Å². The van der Waals surface area contributed by atoms with Gasteiger partial charge in [-0.1, -0.05) is 13.0 Å². The van der Waals surface area contributed by atoms with Gasteiger partial charge in [-0.3, -0.25) is 4.99 Å². The summed E-state index contributed by atoms with van der Waals surface area (Å²) < 4.78 is 0. The molecule has 0 aromatic carbocycles. The fourth-order valence-corrected chi connectivity index (χ4v) is 1.90. The molecule has 1 unspecified atom stereocenters. The average Bonchev–Trinajstić information content (AvgIpc) is 2.04. The Hall–Kier alpha value is -0.590. The first kappa shape index (κ1) is 7.08. The monoisotopic (exact) mass is 149 g/mol. The van der Waals surface area contributed by atoms with Crippen molar-refractivity contribution in [1.82, 2.24) is 0 Å². The van der Waals surface area contributed by atoms with Gasteiger partial charge >= 0.3 is 0 Å². The lowest BCUT2D eigenvalue weighted by molar-refractivity contribution is 0.594. The van der Waals surface area contributed by atoms with E-state index in [9.17, 15) is 0 Å². The Morgan fingerprint density at radius 2 is 2.45 bits per heavy atom. The summed E-state index contributed by atoms with van der Waals surface area (Å²) in [5, 5.41) is 0. The first-order valence-corrected chi connectivity index (χ1v) is 4.59. The van der Waals surface area contributed by atoms with Crippen molar-refractivity contribution in [3.05, 3.63) is 11.6 Å². The lowest BCUT2D eigenvalue weighted by Crippen LogP contribution is -2.17. The van der Waals surface area contributed by atoms with Gasteiger partial charge in [0.15, 0.2) is 0 Å². The highest BCUT2D eigenvalue weighted by Gasteiger charge is 2.18. The third-order valence-electron chi connectivity index (χ3n) is 2.59. The summed E-state index contributed by atoms with van der Waals surface area (Å²) in [6.07, 6.45) is 7.45. The molecular weight excluding hydrogens is 134 g/mol. The van der Waals surface area contributed by atoms with Gasteiger partial charge < -0.3 is 0 Å². The molecule has 0 saturated heterocycles. The third kappa shape index (κ3) is 1.37. The van der Waals surface area contributed by atoms with Crippen LogP contribution in [0.4, 0.5) is 0 Å². The van der Waals surface area contributed by atoms with E-state index < -0.39 is 0 Å². The molecule has 1 aliphatic heterocycles. The van der Waals surface area contributed by atoms with Gasteiger partial charge in [0.1, 0.15) is 0 Å². The van der Waals surface area contributed by atoms with Crippen molar-refractivity contribution in [1.29, 1.82) is 0 Å². The summed E-state index contributed by atoms with van der Waals surface area (Å²) in [6.45, 7) is 3.38. The van der Waals surface area contributed by atoms with Gasteiger partial charge in [0, 0.05) is 12.3 Å². The molecule has 0 bridgehead atoms. The highest BCUT2D eigenvalue weighted by atomic mass is 14.8. The highest BCUT2D eigenvalue weighted by molar-refractivity contribution is 6.01. The largest absolute Gasteiger partial charge is 0.289 e. The Kier molecular flexibility index (Phi) is 1.80. The van der Waals surface area contributed by atoms with Gasteiger partial charge in [0.2, 0.25) is 0 Å². The Labute approximate surface area is 68.2 Å². The van der Waals surface area contributed by atoms with Crippen LogP contribution in [0.3, 0.4) is 0 Å². The van der Waals surface area contributed by atoms with Crippen LogP contribution in [-0.4, -0.2) is 12.3 Å². The molecule has 0 N–H and O–H groups in total. The van der Waals surface area contributed by atoms with Crippen molar-refractivity contribution in [2.75, 3.05) is 6.54 Å². The van der Waals surface area contributed by atoms with Crippen LogP contribution < -0.4 is 0 Å². The molecule has 1 nitrogen and oxygen atoms in total. The fraction of sp³-hybridized carbons (Fsp3) is 0.700. The molecule has 1 aliphatic carbocycles. The summed E-state index contributed by atoms with van der Waals surface area (Å²) in [5.74, 6) is 0.829. The molecule has 0 radical (unpaired) electrons. The minimum Gasteiger partial charge on any atom is -0.289 e. The van der Waals surface area contributed by atoms with E-state index in [1.54, 1.807) is 5.57 Å². The quantitative estimate of drug-likeness (QED) is 0.502. The Bertz CT molecular complexity index is 213. The lowest BCUT2D eigenvalue weighted by atomic mass is 9.86. The summed E-state index contributed by atoms with van der Waals surface area (Å²) in [6, 6.07) is 0. The number of rotatable bonds is 0. The van der Waals surface area contributed by atoms with Crippen LogP contribution >= 0.6 is 0 Å². The Morgan fingerprint density at radius 3 is 3.36 bits per heavy atom. The molecule has 1 atom stereocenters. The van der Waals surface area contributed by atoms with Gasteiger partial charge in [-0.25, -0.2) is 0 Å². The van der Waals surface area contributed by atoms with Crippen LogP contribution in [0.1, 0.15) is 32.6 Å². The maximum absolute atomic E-state index is 4.55. The van der Waals surface area contributed by atoms with Crippen LogP contribution in [-0.2, 0) is 0 Å². The molecule has 0 saturated carbocycles. The number of hydrogen-bond donors (Lipinski definition) is 0. The topological polar surface area (TPSA) is 12.4 Å². The van der Waals surface area contributed by atoms with E-state index in [0.29, 0.717) is 0 Å². The average molecular weight is 149 g/mol. The predicted molar refractivity (Wildman–Crippen MR) is 48.0 cm³/mol. The van der Waals surface area contributed by atoms with E-state index in [1.165, 1.54) is 31.4 Å². The van der Waals surface area contributed by atoms with Crippen LogP contribution in [0.15, 0.2) is 16.6 Å². The van der Waals surface area contributed by atoms with Crippen LogP contribution in [0.5, 0.6) is 0 Å². The number of hydrogen-bond acceptors (Lipinski definition) is 1. The molecule has 1 heterocycles. The highest BCUT2D eigenvalue weighted by Crippen LogP contribution is 2.26. The molecule has 0 aromatic heterocycles. The van der Waals surface area contributed by atoms with Crippen molar-refractivity contribution in [2.24, 2.45) is 10.9 Å². The molecular formula is C10H15N. The van der Waals surface area contributed by atoms with Crippen molar-refractivity contribution in [3.8, 4) is 0 Å². The standard InChI is InChI=1S/C10H15N/c1-8-4-5-9-3-2-6-11-10(9)7-8/h5,8H,2-4,6-7H2,1H3. The second kappa shape index (κ2) is 2.80. The van der Waals surface area contributed by atoms with E-state index in [-0.39, 0.29) is 0 Å². The second-order valence-electron chi connectivity index (χ2n) is 3.71. The Balaban J connectivity index is 2.22. The molecule has 2 rings (SSSR count). The number of aliphatic imine (C=N–C) groups is 1. The summed E-state index contributed by atoms with van der Waals surface area (Å²) >= 11 is 0. The van der Waals surface area contributed by atoms with Crippen molar-refractivity contribution in [3.63, 3.8) is 0 Å². The van der Waals surface area contributed by atoms with Crippen LogP contribution in [0.25, 0.3) is 0 Å². The summed E-state index contributed by atoms with van der Waals surface area (Å²) in [4.78, 5) is 4.55. The Morgan fingerprint density at radius 1 is 1.55 bits per heavy atom. The molecule has 2 aliphatic rings. The summed E-state index contributed by atoms with van der Waals surface area (Å²) in [5.41, 5.74) is 2.96. The molecule has 60 valence electrons. The van der Waals surface area contributed by atoms with Crippen LogP contribution in [0.2, 0.25) is 0 Å². The predicted octanol–water partition coefficient (Wildman–Crippen LogP) is 2.58. The zero-order chi connectivity index (χ0) is 7.68.